The van der Waals surface area contributed by atoms with E-state index in [-0.39, 0.29) is 0 Å². The monoisotopic (exact) mass is 204 g/mol. The number of ketones is 1. The van der Waals surface area contributed by atoms with Crippen LogP contribution in [0.1, 0.15) is 18.4 Å². The number of carbonyl (C=O) groups excluding carboxylic acids is 1. The smallest absolute Gasteiger partial charge is 0.136 e. The zero-order valence-electron chi connectivity index (χ0n) is 8.78. The average molecular weight is 204 g/mol. The van der Waals surface area contributed by atoms with Crippen molar-refractivity contribution in [3.8, 4) is 0 Å². The van der Waals surface area contributed by atoms with E-state index in [1.165, 1.54) is 5.69 Å². The highest BCUT2D eigenvalue weighted by atomic mass is 16.1. The molecule has 0 saturated carbocycles. The van der Waals surface area contributed by atoms with Crippen molar-refractivity contribution in [1.29, 1.82) is 0 Å². The lowest BCUT2D eigenvalue weighted by atomic mass is 10.1. The van der Waals surface area contributed by atoms with Crippen molar-refractivity contribution in [1.82, 2.24) is 0 Å². The van der Waals surface area contributed by atoms with E-state index in [0.29, 0.717) is 25.2 Å². The Morgan fingerprint density at radius 3 is 2.27 bits per heavy atom. The second-order valence-electron chi connectivity index (χ2n) is 3.90. The Kier molecular flexibility index (Phi) is 3.02. The number of piperidine rings is 1. The van der Waals surface area contributed by atoms with Crippen LogP contribution < -0.4 is 10.6 Å². The van der Waals surface area contributed by atoms with Gasteiger partial charge in [0.05, 0.1) is 0 Å². The second-order valence-corrected chi connectivity index (χ2v) is 3.90. The van der Waals surface area contributed by atoms with Crippen molar-refractivity contribution >= 4 is 11.5 Å². The molecule has 3 nitrogen and oxygen atoms in total. The van der Waals surface area contributed by atoms with Gasteiger partial charge in [-0.05, 0) is 17.7 Å². The average Bonchev–Trinajstić information content (AvgIpc) is 2.30. The molecule has 0 aromatic heterocycles. The van der Waals surface area contributed by atoms with Crippen LogP contribution in [0.2, 0.25) is 0 Å². The molecule has 80 valence electrons. The van der Waals surface area contributed by atoms with Crippen molar-refractivity contribution in [2.45, 2.75) is 19.4 Å². The van der Waals surface area contributed by atoms with E-state index in [2.05, 4.69) is 17.0 Å². The number of nitrogens with two attached hydrogens (primary N) is 1. The first-order chi connectivity index (χ1) is 7.29. The molecule has 0 atom stereocenters. The Morgan fingerprint density at radius 1 is 1.13 bits per heavy atom. The molecule has 0 bridgehead atoms. The molecule has 1 aliphatic rings. The highest BCUT2D eigenvalue weighted by Gasteiger charge is 2.15. The summed E-state index contributed by atoms with van der Waals surface area (Å²) in [5, 5.41) is 0. The summed E-state index contributed by atoms with van der Waals surface area (Å²) in [7, 11) is 0. The standard InChI is InChI=1S/C12H16N2O/c13-9-10-1-3-11(4-2-10)14-7-5-12(15)6-8-14/h1-4H,5-9,13H2. The van der Waals surface area contributed by atoms with Gasteiger partial charge in [-0.25, -0.2) is 0 Å². The third kappa shape index (κ3) is 2.36. The molecular weight excluding hydrogens is 188 g/mol. The van der Waals surface area contributed by atoms with E-state index in [1.807, 2.05) is 12.1 Å². The molecule has 1 aromatic rings. The minimum Gasteiger partial charge on any atom is -0.371 e. The van der Waals surface area contributed by atoms with Crippen molar-refractivity contribution in [3.05, 3.63) is 29.8 Å². The highest BCUT2D eigenvalue weighted by Crippen LogP contribution is 2.18. The van der Waals surface area contributed by atoms with Gasteiger partial charge in [0.1, 0.15) is 5.78 Å². The summed E-state index contributed by atoms with van der Waals surface area (Å²) in [5.74, 6) is 0.379. The molecule has 0 unspecified atom stereocenters. The molecule has 1 aliphatic heterocycles. The molecular formula is C12H16N2O. The van der Waals surface area contributed by atoms with Crippen molar-refractivity contribution in [2.24, 2.45) is 5.73 Å². The molecule has 0 aliphatic carbocycles. The van der Waals surface area contributed by atoms with Gasteiger partial charge in [-0.3, -0.25) is 4.79 Å². The zero-order valence-corrected chi connectivity index (χ0v) is 8.78. The second kappa shape index (κ2) is 4.45. The summed E-state index contributed by atoms with van der Waals surface area (Å²) >= 11 is 0. The fraction of sp³-hybridized carbons (Fsp3) is 0.417. The van der Waals surface area contributed by atoms with Gasteiger partial charge in [0.2, 0.25) is 0 Å². The Hall–Kier alpha value is -1.35. The number of rotatable bonds is 2. The van der Waals surface area contributed by atoms with Gasteiger partial charge in [0.25, 0.3) is 0 Å². The van der Waals surface area contributed by atoms with E-state index in [9.17, 15) is 4.79 Å². The first-order valence-electron chi connectivity index (χ1n) is 5.35. The highest BCUT2D eigenvalue weighted by molar-refractivity contribution is 5.81. The molecule has 1 fully saturated rings. The number of hydrogen-bond donors (Lipinski definition) is 1. The molecule has 1 heterocycles. The van der Waals surface area contributed by atoms with E-state index in [4.69, 9.17) is 5.73 Å². The van der Waals surface area contributed by atoms with Crippen LogP contribution >= 0.6 is 0 Å². The molecule has 0 spiro atoms. The minimum absolute atomic E-state index is 0.379. The summed E-state index contributed by atoms with van der Waals surface area (Å²) < 4.78 is 0. The summed E-state index contributed by atoms with van der Waals surface area (Å²) in [6, 6.07) is 8.26. The summed E-state index contributed by atoms with van der Waals surface area (Å²) in [5.41, 5.74) is 7.88. The van der Waals surface area contributed by atoms with Gasteiger partial charge >= 0.3 is 0 Å². The zero-order chi connectivity index (χ0) is 10.7. The molecule has 2 rings (SSSR count). The number of Topliss-reactive ketones (excluding diaryl/α,β-unsaturated/α-hetero) is 1. The van der Waals surface area contributed by atoms with Crippen LogP contribution in [0.4, 0.5) is 5.69 Å². The lowest BCUT2D eigenvalue weighted by Gasteiger charge is -2.28. The van der Waals surface area contributed by atoms with Crippen LogP contribution in [0.25, 0.3) is 0 Å². The molecule has 0 amide bonds. The van der Waals surface area contributed by atoms with E-state index in [1.54, 1.807) is 0 Å². The molecule has 15 heavy (non-hydrogen) atoms. The number of nitrogens with zero attached hydrogens (tertiary/aromatic N) is 1. The van der Waals surface area contributed by atoms with Gasteiger partial charge in [-0.1, -0.05) is 12.1 Å². The Labute approximate surface area is 89.9 Å². The number of anilines is 1. The molecule has 2 N–H and O–H groups in total. The van der Waals surface area contributed by atoms with Gasteiger partial charge in [-0.2, -0.15) is 0 Å². The van der Waals surface area contributed by atoms with Crippen molar-refractivity contribution in [3.63, 3.8) is 0 Å². The number of hydrogen-bond acceptors (Lipinski definition) is 3. The third-order valence-corrected chi connectivity index (χ3v) is 2.86. The van der Waals surface area contributed by atoms with Crippen LogP contribution in [0.5, 0.6) is 0 Å². The number of benzene rings is 1. The quantitative estimate of drug-likeness (QED) is 0.790. The fourth-order valence-electron chi connectivity index (χ4n) is 1.86. The normalized spacial score (nSPS) is 16.9. The lowest BCUT2D eigenvalue weighted by Crippen LogP contribution is -2.33. The van der Waals surface area contributed by atoms with Crippen molar-refractivity contribution in [2.75, 3.05) is 18.0 Å². The molecule has 0 radical (unpaired) electrons. The van der Waals surface area contributed by atoms with Crippen LogP contribution in [0.3, 0.4) is 0 Å². The molecule has 1 aromatic carbocycles. The van der Waals surface area contributed by atoms with Gasteiger partial charge in [0.15, 0.2) is 0 Å². The summed E-state index contributed by atoms with van der Waals surface area (Å²) in [4.78, 5) is 13.3. The summed E-state index contributed by atoms with van der Waals surface area (Å²) in [6.45, 7) is 2.28. The minimum atomic E-state index is 0.379. The van der Waals surface area contributed by atoms with E-state index >= 15 is 0 Å². The van der Waals surface area contributed by atoms with Crippen LogP contribution in [-0.2, 0) is 11.3 Å². The predicted molar refractivity (Wildman–Crippen MR) is 60.8 cm³/mol. The first-order valence-corrected chi connectivity index (χ1v) is 5.35. The SMILES string of the molecule is NCc1ccc(N2CCC(=O)CC2)cc1. The van der Waals surface area contributed by atoms with Crippen LogP contribution in [0, 0.1) is 0 Å². The number of carbonyl (C=O) groups is 1. The largest absolute Gasteiger partial charge is 0.371 e. The first kappa shape index (κ1) is 10.2. The van der Waals surface area contributed by atoms with Gasteiger partial charge in [0, 0.05) is 38.2 Å². The van der Waals surface area contributed by atoms with E-state index in [0.717, 1.165) is 18.7 Å². The Morgan fingerprint density at radius 2 is 1.73 bits per heavy atom. The van der Waals surface area contributed by atoms with Gasteiger partial charge in [-0.15, -0.1) is 0 Å². The van der Waals surface area contributed by atoms with Crippen LogP contribution in [-0.4, -0.2) is 18.9 Å². The van der Waals surface area contributed by atoms with Crippen LogP contribution in [0.15, 0.2) is 24.3 Å². The molecule has 3 heteroatoms. The van der Waals surface area contributed by atoms with Crippen molar-refractivity contribution < 1.29 is 4.79 Å². The predicted octanol–water partition coefficient (Wildman–Crippen LogP) is 1.31. The Balaban J connectivity index is 2.06. The maximum absolute atomic E-state index is 11.1. The van der Waals surface area contributed by atoms with Gasteiger partial charge < -0.3 is 10.6 Å². The maximum atomic E-state index is 11.1. The topological polar surface area (TPSA) is 46.3 Å². The fourth-order valence-corrected chi connectivity index (χ4v) is 1.86. The third-order valence-electron chi connectivity index (χ3n) is 2.86. The Bertz CT molecular complexity index is 335. The van der Waals surface area contributed by atoms with E-state index < -0.39 is 0 Å². The maximum Gasteiger partial charge on any atom is 0.136 e. The molecule has 1 saturated heterocycles. The lowest BCUT2D eigenvalue weighted by molar-refractivity contribution is -0.119. The summed E-state index contributed by atoms with van der Waals surface area (Å²) in [6.07, 6.45) is 1.36.